The van der Waals surface area contributed by atoms with Gasteiger partial charge < -0.3 is 4.74 Å². The van der Waals surface area contributed by atoms with Crippen LogP contribution < -0.4 is 4.74 Å². The molecule has 98 valence electrons. The molecule has 4 heteroatoms. The summed E-state index contributed by atoms with van der Waals surface area (Å²) in [6.45, 7) is 0.499. The Morgan fingerprint density at radius 2 is 1.68 bits per heavy atom. The van der Waals surface area contributed by atoms with E-state index in [4.69, 9.17) is 27.9 Å². The molecule has 0 aliphatic carbocycles. The highest BCUT2D eigenvalue weighted by molar-refractivity contribution is 6.68. The van der Waals surface area contributed by atoms with Gasteiger partial charge in [0, 0.05) is 0 Å². The topological polar surface area (TPSA) is 26.3 Å². The maximum absolute atomic E-state index is 10.9. The Hall–Kier alpha value is -1.51. The van der Waals surface area contributed by atoms with Crippen LogP contribution in [0.5, 0.6) is 5.75 Å². The molecule has 0 aromatic heterocycles. The zero-order valence-electron chi connectivity index (χ0n) is 10.1. The van der Waals surface area contributed by atoms with Gasteiger partial charge in [0.05, 0.1) is 0 Å². The van der Waals surface area contributed by atoms with Crippen molar-refractivity contribution in [3.63, 3.8) is 0 Å². The van der Waals surface area contributed by atoms with Crippen molar-refractivity contribution in [2.24, 2.45) is 0 Å². The summed E-state index contributed by atoms with van der Waals surface area (Å²) >= 11 is 11.2. The molecular weight excluding hydrogens is 283 g/mol. The lowest BCUT2D eigenvalue weighted by Crippen LogP contribution is -1.99. The van der Waals surface area contributed by atoms with Crippen molar-refractivity contribution in [2.75, 3.05) is 0 Å². The van der Waals surface area contributed by atoms with Crippen LogP contribution >= 0.6 is 23.2 Å². The van der Waals surface area contributed by atoms with E-state index in [0.717, 1.165) is 11.3 Å². The van der Waals surface area contributed by atoms with Gasteiger partial charge in [-0.2, -0.15) is 0 Å². The van der Waals surface area contributed by atoms with Crippen molar-refractivity contribution in [3.8, 4) is 5.75 Å². The van der Waals surface area contributed by atoms with Crippen LogP contribution in [0.25, 0.3) is 0 Å². The molecule has 2 aromatic carbocycles. The van der Waals surface area contributed by atoms with Crippen molar-refractivity contribution < 1.29 is 9.53 Å². The second kappa shape index (κ2) is 6.60. The molecule has 0 heterocycles. The lowest BCUT2D eigenvalue weighted by atomic mass is 10.1. The molecule has 0 aliphatic rings. The molecule has 19 heavy (non-hydrogen) atoms. The average molecular weight is 295 g/mol. The van der Waals surface area contributed by atoms with Crippen molar-refractivity contribution in [2.45, 2.75) is 12.0 Å². The van der Waals surface area contributed by atoms with Gasteiger partial charge in [-0.3, -0.25) is 4.79 Å². The molecule has 2 nitrogen and oxygen atoms in total. The Morgan fingerprint density at radius 1 is 1.05 bits per heavy atom. The molecule has 0 spiro atoms. The molecule has 0 radical (unpaired) electrons. The van der Waals surface area contributed by atoms with Gasteiger partial charge in [-0.25, -0.2) is 0 Å². The SMILES string of the molecule is O=C(Cl)C(Cl)c1ccc(OCc2ccccc2)cc1. The second-order valence-electron chi connectivity index (χ2n) is 4.01. The highest BCUT2D eigenvalue weighted by Crippen LogP contribution is 2.25. The monoisotopic (exact) mass is 294 g/mol. The molecule has 2 rings (SSSR count). The fourth-order valence-corrected chi connectivity index (χ4v) is 1.88. The number of alkyl halides is 1. The summed E-state index contributed by atoms with van der Waals surface area (Å²) in [6, 6.07) is 16.9. The number of rotatable bonds is 5. The van der Waals surface area contributed by atoms with Crippen LogP contribution in [0.3, 0.4) is 0 Å². The summed E-state index contributed by atoms with van der Waals surface area (Å²) in [7, 11) is 0. The minimum absolute atomic E-state index is 0.499. The first kappa shape index (κ1) is 13.9. The Kier molecular flexibility index (Phi) is 4.83. The van der Waals surface area contributed by atoms with E-state index in [2.05, 4.69) is 0 Å². The molecule has 0 amide bonds. The Morgan fingerprint density at radius 3 is 2.26 bits per heavy atom. The van der Waals surface area contributed by atoms with Crippen molar-refractivity contribution >= 4 is 28.4 Å². The maximum Gasteiger partial charge on any atom is 0.244 e. The summed E-state index contributed by atoms with van der Waals surface area (Å²) in [5.74, 6) is 0.721. The lowest BCUT2D eigenvalue weighted by molar-refractivity contribution is -0.111. The lowest BCUT2D eigenvalue weighted by Gasteiger charge is -2.08. The van der Waals surface area contributed by atoms with Crippen LogP contribution in [-0.4, -0.2) is 5.24 Å². The van der Waals surface area contributed by atoms with Crippen LogP contribution in [0, 0.1) is 0 Å². The normalized spacial score (nSPS) is 11.9. The first-order chi connectivity index (χ1) is 9.16. The van der Waals surface area contributed by atoms with Crippen LogP contribution in [-0.2, 0) is 11.4 Å². The van der Waals surface area contributed by atoms with Gasteiger partial charge in [-0.05, 0) is 34.9 Å². The Labute approximate surface area is 121 Å². The molecule has 0 bridgehead atoms. The number of ether oxygens (including phenoxy) is 1. The van der Waals surface area contributed by atoms with Crippen LogP contribution in [0.4, 0.5) is 0 Å². The predicted molar refractivity (Wildman–Crippen MR) is 76.7 cm³/mol. The highest BCUT2D eigenvalue weighted by atomic mass is 35.5. The van der Waals surface area contributed by atoms with Gasteiger partial charge in [0.1, 0.15) is 17.7 Å². The number of hydrogen-bond donors (Lipinski definition) is 0. The Balaban J connectivity index is 1.97. The summed E-state index contributed by atoms with van der Waals surface area (Å²) in [6.07, 6.45) is 0. The minimum atomic E-state index is -0.815. The Bertz CT molecular complexity index is 538. The standard InChI is InChI=1S/C15H12Cl2O2/c16-14(15(17)18)12-6-8-13(9-7-12)19-10-11-4-2-1-3-5-11/h1-9,14H,10H2. The summed E-state index contributed by atoms with van der Waals surface area (Å²) in [5.41, 5.74) is 1.76. The number of benzene rings is 2. The molecule has 0 N–H and O–H groups in total. The van der Waals surface area contributed by atoms with Crippen molar-refractivity contribution in [1.82, 2.24) is 0 Å². The fourth-order valence-electron chi connectivity index (χ4n) is 1.60. The average Bonchev–Trinajstić information content (AvgIpc) is 2.46. The van der Waals surface area contributed by atoms with E-state index in [9.17, 15) is 4.79 Å². The van der Waals surface area contributed by atoms with Gasteiger partial charge in [0.15, 0.2) is 0 Å². The zero-order chi connectivity index (χ0) is 13.7. The molecule has 0 aliphatic heterocycles. The van der Waals surface area contributed by atoms with E-state index < -0.39 is 10.6 Å². The van der Waals surface area contributed by atoms with E-state index in [1.54, 1.807) is 24.3 Å². The third-order valence-corrected chi connectivity index (χ3v) is 3.40. The third-order valence-electron chi connectivity index (χ3n) is 2.62. The fraction of sp³-hybridized carbons (Fsp3) is 0.133. The van der Waals surface area contributed by atoms with Gasteiger partial charge in [0.2, 0.25) is 5.24 Å². The molecule has 2 aromatic rings. The van der Waals surface area contributed by atoms with E-state index in [-0.39, 0.29) is 0 Å². The van der Waals surface area contributed by atoms with Crippen LogP contribution in [0.2, 0.25) is 0 Å². The quantitative estimate of drug-likeness (QED) is 0.607. The van der Waals surface area contributed by atoms with E-state index in [0.29, 0.717) is 12.2 Å². The second-order valence-corrected chi connectivity index (χ2v) is 4.82. The molecule has 0 saturated carbocycles. The molecule has 1 unspecified atom stereocenters. The van der Waals surface area contributed by atoms with Crippen molar-refractivity contribution in [3.05, 3.63) is 65.7 Å². The molecule has 0 fully saturated rings. The van der Waals surface area contributed by atoms with Gasteiger partial charge in [-0.1, -0.05) is 42.5 Å². The summed E-state index contributed by atoms with van der Waals surface area (Å²) in [5, 5.41) is -1.40. The third kappa shape index (κ3) is 3.98. The van der Waals surface area contributed by atoms with Crippen LogP contribution in [0.1, 0.15) is 16.5 Å². The number of hydrogen-bond acceptors (Lipinski definition) is 2. The molecule has 1 atom stereocenters. The molecular formula is C15H12Cl2O2. The van der Waals surface area contributed by atoms with Crippen LogP contribution in [0.15, 0.2) is 54.6 Å². The van der Waals surface area contributed by atoms with E-state index in [1.165, 1.54) is 0 Å². The number of carbonyl (C=O) groups excluding carboxylic acids is 1. The maximum atomic E-state index is 10.9. The van der Waals surface area contributed by atoms with Gasteiger partial charge in [-0.15, -0.1) is 11.6 Å². The molecule has 0 saturated heterocycles. The first-order valence-electron chi connectivity index (χ1n) is 5.77. The predicted octanol–water partition coefficient (Wildman–Crippen LogP) is 4.31. The van der Waals surface area contributed by atoms with Crippen molar-refractivity contribution in [1.29, 1.82) is 0 Å². The van der Waals surface area contributed by atoms with E-state index >= 15 is 0 Å². The number of halogens is 2. The van der Waals surface area contributed by atoms with Gasteiger partial charge >= 0.3 is 0 Å². The summed E-state index contributed by atoms with van der Waals surface area (Å²) < 4.78 is 5.63. The number of carbonyl (C=O) groups is 1. The highest BCUT2D eigenvalue weighted by Gasteiger charge is 2.14. The first-order valence-corrected chi connectivity index (χ1v) is 6.58. The van der Waals surface area contributed by atoms with Gasteiger partial charge in [0.25, 0.3) is 0 Å². The smallest absolute Gasteiger partial charge is 0.244 e. The minimum Gasteiger partial charge on any atom is -0.489 e. The largest absolute Gasteiger partial charge is 0.489 e. The van der Waals surface area contributed by atoms with E-state index in [1.807, 2.05) is 30.3 Å². The summed E-state index contributed by atoms with van der Waals surface area (Å²) in [4.78, 5) is 10.9. The zero-order valence-corrected chi connectivity index (χ0v) is 11.6.